The van der Waals surface area contributed by atoms with E-state index in [2.05, 4.69) is 59.7 Å². The number of aliphatic imine (C=N–C) groups is 1. The molecule has 0 atom stereocenters. The fourth-order valence-corrected chi connectivity index (χ4v) is 3.88. The number of ether oxygens (including phenoxy) is 1. The number of nitrogens with zero attached hydrogens (tertiary/aromatic N) is 4. The first kappa shape index (κ1) is 18.8. The summed E-state index contributed by atoms with van der Waals surface area (Å²) in [5.41, 5.74) is 3.50. The summed E-state index contributed by atoms with van der Waals surface area (Å²) in [5, 5.41) is 2.19. The van der Waals surface area contributed by atoms with Gasteiger partial charge in [0.15, 0.2) is 0 Å². The average Bonchev–Trinajstić information content (AvgIpc) is 3.13. The van der Waals surface area contributed by atoms with Gasteiger partial charge in [0.2, 0.25) is 7.28 Å². The molecule has 1 saturated heterocycles. The van der Waals surface area contributed by atoms with Crippen molar-refractivity contribution < 1.29 is 4.74 Å². The molecule has 5 nitrogen and oxygen atoms in total. The zero-order chi connectivity index (χ0) is 19.3. The van der Waals surface area contributed by atoms with Crippen LogP contribution < -0.4 is 10.7 Å². The van der Waals surface area contributed by atoms with E-state index in [4.69, 9.17) is 14.7 Å². The second kappa shape index (κ2) is 8.61. The van der Waals surface area contributed by atoms with Crippen molar-refractivity contribution in [1.29, 1.82) is 0 Å². The van der Waals surface area contributed by atoms with Gasteiger partial charge in [0.05, 0.1) is 29.6 Å². The molecular weight excluding hydrogens is 347 g/mol. The number of para-hydroxylation sites is 1. The highest BCUT2D eigenvalue weighted by molar-refractivity contribution is 6.76. The van der Waals surface area contributed by atoms with Gasteiger partial charge in [0, 0.05) is 30.5 Å². The van der Waals surface area contributed by atoms with E-state index >= 15 is 0 Å². The van der Waals surface area contributed by atoms with E-state index in [1.165, 1.54) is 11.3 Å². The van der Waals surface area contributed by atoms with Crippen LogP contribution in [0.4, 0.5) is 0 Å². The Bertz CT molecular complexity index is 1000. The number of allylic oxidation sites excluding steroid dienone is 1. The van der Waals surface area contributed by atoms with Gasteiger partial charge in [-0.05, 0) is 31.8 Å². The zero-order valence-electron chi connectivity index (χ0n) is 16.8. The molecule has 1 fully saturated rings. The van der Waals surface area contributed by atoms with Crippen LogP contribution in [0, 0.1) is 0 Å². The number of hydrogen-bond acceptors (Lipinski definition) is 4. The van der Waals surface area contributed by atoms with Gasteiger partial charge in [-0.2, -0.15) is 0 Å². The van der Waals surface area contributed by atoms with Crippen molar-refractivity contribution in [3.63, 3.8) is 0 Å². The van der Waals surface area contributed by atoms with Crippen LogP contribution in [-0.2, 0) is 4.74 Å². The fourth-order valence-electron chi connectivity index (χ4n) is 3.88. The first-order valence-electron chi connectivity index (χ1n) is 10.2. The van der Waals surface area contributed by atoms with Crippen LogP contribution in [0.3, 0.4) is 0 Å². The van der Waals surface area contributed by atoms with Crippen molar-refractivity contribution in [2.45, 2.75) is 26.6 Å². The quantitative estimate of drug-likeness (QED) is 0.769. The molecule has 6 heteroatoms. The van der Waals surface area contributed by atoms with Crippen LogP contribution in [-0.4, -0.2) is 53.8 Å². The summed E-state index contributed by atoms with van der Waals surface area (Å²) in [6.07, 6.45) is 8.28. The third-order valence-electron chi connectivity index (χ3n) is 5.28. The van der Waals surface area contributed by atoms with Crippen molar-refractivity contribution in [2.75, 3.05) is 26.3 Å². The summed E-state index contributed by atoms with van der Waals surface area (Å²) in [6.45, 7) is 7.69. The van der Waals surface area contributed by atoms with E-state index in [0.29, 0.717) is 0 Å². The van der Waals surface area contributed by atoms with Gasteiger partial charge in [0.1, 0.15) is 5.82 Å². The molecule has 3 heterocycles. The van der Waals surface area contributed by atoms with E-state index in [0.717, 1.165) is 68.5 Å². The maximum absolute atomic E-state index is 5.46. The summed E-state index contributed by atoms with van der Waals surface area (Å²) in [4.78, 5) is 12.2. The van der Waals surface area contributed by atoms with Crippen LogP contribution in [0.2, 0.25) is 6.32 Å². The van der Waals surface area contributed by atoms with Crippen LogP contribution in [0.15, 0.2) is 41.5 Å². The second-order valence-corrected chi connectivity index (χ2v) is 7.08. The molecule has 0 N–H and O–H groups in total. The Morgan fingerprint density at radius 2 is 1.96 bits per heavy atom. The highest BCUT2D eigenvalue weighted by atomic mass is 16.5. The Kier molecular flexibility index (Phi) is 5.77. The van der Waals surface area contributed by atoms with Crippen molar-refractivity contribution in [3.8, 4) is 5.69 Å². The molecule has 0 saturated carbocycles. The van der Waals surface area contributed by atoms with Gasteiger partial charge in [-0.3, -0.25) is 9.56 Å². The fraction of sp³-hybridized carbons (Fsp3) is 0.364. The van der Waals surface area contributed by atoms with Crippen LogP contribution in [0.1, 0.15) is 26.1 Å². The summed E-state index contributed by atoms with van der Waals surface area (Å²) >= 11 is 0. The summed E-state index contributed by atoms with van der Waals surface area (Å²) in [5.74, 6) is 1.00. The highest BCUT2D eigenvalue weighted by Gasteiger charge is 2.22. The molecule has 4 rings (SSSR count). The number of benzene rings is 1. The van der Waals surface area contributed by atoms with E-state index < -0.39 is 0 Å². The van der Waals surface area contributed by atoms with E-state index in [1.54, 1.807) is 0 Å². The van der Waals surface area contributed by atoms with E-state index in [9.17, 15) is 0 Å². The van der Waals surface area contributed by atoms with Crippen molar-refractivity contribution in [1.82, 2.24) is 14.5 Å². The normalized spacial score (nSPS) is 18.7. The van der Waals surface area contributed by atoms with Gasteiger partial charge < -0.3 is 9.64 Å². The summed E-state index contributed by atoms with van der Waals surface area (Å²) in [6, 6.07) is 10.5. The van der Waals surface area contributed by atoms with Gasteiger partial charge >= 0.3 is 0 Å². The first-order valence-corrected chi connectivity index (χ1v) is 10.2. The molecule has 2 aromatic rings. The molecular formula is C22H27BN4O. The maximum Gasteiger partial charge on any atom is 0.208 e. The monoisotopic (exact) mass is 374 g/mol. The van der Waals surface area contributed by atoms with Crippen molar-refractivity contribution in [3.05, 3.63) is 53.1 Å². The first-order chi connectivity index (χ1) is 13.8. The number of hydrogen-bond donors (Lipinski definition) is 0. The predicted octanol–water partition coefficient (Wildman–Crippen LogP) is 1.76. The van der Waals surface area contributed by atoms with Gasteiger partial charge in [-0.15, -0.1) is 0 Å². The average molecular weight is 374 g/mol. The number of aromatic nitrogens is 2. The number of rotatable bonds is 3. The maximum atomic E-state index is 5.46. The number of imidazole rings is 1. The Morgan fingerprint density at radius 1 is 1.18 bits per heavy atom. The van der Waals surface area contributed by atoms with E-state index in [1.807, 2.05) is 12.3 Å². The van der Waals surface area contributed by atoms with E-state index in [-0.39, 0.29) is 0 Å². The largest absolute Gasteiger partial charge is 0.378 e. The van der Waals surface area contributed by atoms with Gasteiger partial charge in [-0.1, -0.05) is 37.3 Å². The minimum absolute atomic E-state index is 0.792. The third-order valence-corrected chi connectivity index (χ3v) is 5.28. The molecule has 2 aliphatic rings. The Labute approximate surface area is 167 Å². The molecule has 0 spiro atoms. The van der Waals surface area contributed by atoms with Gasteiger partial charge in [0.25, 0.3) is 0 Å². The van der Waals surface area contributed by atoms with Crippen molar-refractivity contribution >= 4 is 30.7 Å². The van der Waals surface area contributed by atoms with Crippen molar-refractivity contribution in [2.24, 2.45) is 4.99 Å². The van der Waals surface area contributed by atoms with Crippen LogP contribution >= 0.6 is 0 Å². The second-order valence-electron chi connectivity index (χ2n) is 7.08. The molecule has 1 aromatic carbocycles. The predicted molar refractivity (Wildman–Crippen MR) is 117 cm³/mol. The smallest absolute Gasteiger partial charge is 0.208 e. The lowest BCUT2D eigenvalue weighted by atomic mass is 9.68. The molecule has 0 radical (unpaired) electrons. The lowest BCUT2D eigenvalue weighted by molar-refractivity contribution is 0.0691. The topological polar surface area (TPSA) is 42.6 Å². The Balaban J connectivity index is 1.79. The summed E-state index contributed by atoms with van der Waals surface area (Å²) < 4.78 is 7.73. The molecule has 0 aliphatic carbocycles. The zero-order valence-corrected chi connectivity index (χ0v) is 16.8. The molecule has 2 aliphatic heterocycles. The minimum atomic E-state index is 0.792. The lowest BCUT2D eigenvalue weighted by Crippen LogP contribution is -2.43. The summed E-state index contributed by atoms with van der Waals surface area (Å²) in [7, 11) is 0.950. The molecule has 0 bridgehead atoms. The minimum Gasteiger partial charge on any atom is -0.378 e. The molecule has 28 heavy (non-hydrogen) atoms. The lowest BCUT2D eigenvalue weighted by Gasteiger charge is -2.31. The SMILES string of the molecule is C/C=c1\c(=C/CC)nc(C2=CN=C(N3CCOCC3)BC2)n1-c1ccccc1. The Morgan fingerprint density at radius 3 is 2.61 bits per heavy atom. The standard InChI is InChI=1S/C22H27BN4O/c1-3-8-19-20(4-2)27(18-9-6-5-7-10-18)21(25-19)17-15-23-22(24-16-17)26-11-13-28-14-12-26/h4-10,16,23H,3,11-15H2,1-2H3/b19-8+,20-4+. The molecule has 0 unspecified atom stereocenters. The molecule has 1 aromatic heterocycles. The van der Waals surface area contributed by atoms with Gasteiger partial charge in [-0.25, -0.2) is 4.98 Å². The van der Waals surface area contributed by atoms with Crippen LogP contribution in [0.25, 0.3) is 23.4 Å². The Hall–Kier alpha value is -2.60. The third kappa shape index (κ3) is 3.69. The number of amidine groups is 1. The number of morpholine rings is 1. The molecule has 144 valence electrons. The highest BCUT2D eigenvalue weighted by Crippen LogP contribution is 2.21. The van der Waals surface area contributed by atoms with Crippen LogP contribution in [0.5, 0.6) is 0 Å². The molecule has 0 amide bonds.